The number of nitrogens with zero attached hydrogens (tertiary/aromatic N) is 1. The van der Waals surface area contributed by atoms with Crippen molar-refractivity contribution in [3.05, 3.63) is 95.6 Å². The van der Waals surface area contributed by atoms with E-state index in [1.54, 1.807) is 12.1 Å². The predicted molar refractivity (Wildman–Crippen MR) is 128 cm³/mol. The molecule has 31 heavy (non-hydrogen) atoms. The molecule has 3 aromatic carbocycles. The van der Waals surface area contributed by atoms with Gasteiger partial charge in [-0.2, -0.15) is 5.26 Å². The number of phenolic OH excluding ortho intramolecular Hbond substituents is 1. The van der Waals surface area contributed by atoms with Gasteiger partial charge >= 0.3 is 0 Å². The third-order valence-electron chi connectivity index (χ3n) is 4.65. The molecule has 0 amide bonds. The highest BCUT2D eigenvalue weighted by atomic mass is 16.5. The van der Waals surface area contributed by atoms with Crippen molar-refractivity contribution < 1.29 is 9.84 Å². The average Bonchev–Trinajstić information content (AvgIpc) is 2.83. The largest absolute Gasteiger partial charge is 0.508 e. The van der Waals surface area contributed by atoms with Crippen LogP contribution in [0.1, 0.15) is 43.9 Å². The maximum Gasteiger partial charge on any atom is 0.176 e. The van der Waals surface area contributed by atoms with Gasteiger partial charge in [0, 0.05) is 0 Å². The van der Waals surface area contributed by atoms with Crippen LogP contribution in [0.3, 0.4) is 0 Å². The third kappa shape index (κ3) is 6.65. The third-order valence-corrected chi connectivity index (χ3v) is 4.65. The van der Waals surface area contributed by atoms with Gasteiger partial charge in [0.05, 0.1) is 6.54 Å². The SMILES string of the molecule is CC.CC/C(=C(\c1ccc(O)cc1)c1ccc(OCCNC#N)cc1)c1ccccc1. The van der Waals surface area contributed by atoms with Crippen LogP contribution >= 0.6 is 0 Å². The summed E-state index contributed by atoms with van der Waals surface area (Å²) in [6.07, 6.45) is 2.75. The maximum atomic E-state index is 9.72. The smallest absolute Gasteiger partial charge is 0.176 e. The first kappa shape index (κ1) is 23.6. The second-order valence-corrected chi connectivity index (χ2v) is 6.53. The minimum Gasteiger partial charge on any atom is -0.508 e. The van der Waals surface area contributed by atoms with Gasteiger partial charge in [0.1, 0.15) is 18.1 Å². The quantitative estimate of drug-likeness (QED) is 0.198. The van der Waals surface area contributed by atoms with Gasteiger partial charge in [-0.25, -0.2) is 0 Å². The lowest BCUT2D eigenvalue weighted by Crippen LogP contribution is -2.15. The maximum absolute atomic E-state index is 9.72. The minimum absolute atomic E-state index is 0.251. The molecule has 0 unspecified atom stereocenters. The monoisotopic (exact) mass is 414 g/mol. The van der Waals surface area contributed by atoms with Crippen molar-refractivity contribution >= 4 is 11.1 Å². The summed E-state index contributed by atoms with van der Waals surface area (Å²) >= 11 is 0. The first-order valence-corrected chi connectivity index (χ1v) is 10.7. The first-order chi connectivity index (χ1) is 15.2. The molecule has 0 radical (unpaired) electrons. The number of rotatable bonds is 8. The van der Waals surface area contributed by atoms with Crippen molar-refractivity contribution in [3.63, 3.8) is 0 Å². The molecule has 160 valence electrons. The van der Waals surface area contributed by atoms with Gasteiger partial charge in [-0.3, -0.25) is 0 Å². The Morgan fingerprint density at radius 2 is 1.45 bits per heavy atom. The van der Waals surface area contributed by atoms with Crippen molar-refractivity contribution in [2.24, 2.45) is 0 Å². The number of ether oxygens (including phenoxy) is 1. The number of nitriles is 1. The number of aromatic hydroxyl groups is 1. The zero-order valence-electron chi connectivity index (χ0n) is 18.4. The normalized spacial score (nSPS) is 10.8. The van der Waals surface area contributed by atoms with Gasteiger partial charge < -0.3 is 15.2 Å². The van der Waals surface area contributed by atoms with Gasteiger partial charge in [-0.15, -0.1) is 0 Å². The Morgan fingerprint density at radius 3 is 2.00 bits per heavy atom. The number of phenols is 1. The van der Waals surface area contributed by atoms with Crippen LogP contribution in [0, 0.1) is 11.5 Å². The van der Waals surface area contributed by atoms with Crippen LogP contribution in [-0.2, 0) is 0 Å². The van der Waals surface area contributed by atoms with Crippen molar-refractivity contribution in [1.29, 1.82) is 5.26 Å². The Balaban J connectivity index is 0.00000166. The van der Waals surface area contributed by atoms with E-state index >= 15 is 0 Å². The molecule has 0 saturated heterocycles. The Labute approximate surface area is 185 Å². The van der Waals surface area contributed by atoms with Crippen LogP contribution in [-0.4, -0.2) is 18.3 Å². The van der Waals surface area contributed by atoms with Crippen LogP contribution in [0.5, 0.6) is 11.5 Å². The number of hydrogen-bond donors (Lipinski definition) is 2. The van der Waals surface area contributed by atoms with E-state index in [1.807, 2.05) is 74.6 Å². The molecule has 2 N–H and O–H groups in total. The summed E-state index contributed by atoms with van der Waals surface area (Å²) in [4.78, 5) is 0. The molecular formula is C27H30N2O2. The standard InChI is InChI=1S/C25H24N2O2.C2H6/c1-2-24(19-6-4-3-5-7-19)25(20-8-12-22(28)13-9-20)21-10-14-23(15-11-21)29-17-16-27-18-26;1-2/h3-15,27-28H,2,16-17H2,1H3;1-2H3/b25-24-;. The molecule has 3 aromatic rings. The number of nitrogens with one attached hydrogen (secondary N) is 1. The summed E-state index contributed by atoms with van der Waals surface area (Å²) in [7, 11) is 0. The number of benzene rings is 3. The second kappa shape index (κ2) is 12.8. The minimum atomic E-state index is 0.251. The van der Waals surface area contributed by atoms with Gasteiger partial charge in [0.15, 0.2) is 6.19 Å². The fourth-order valence-corrected chi connectivity index (χ4v) is 3.30. The van der Waals surface area contributed by atoms with E-state index in [2.05, 4.69) is 24.4 Å². The number of allylic oxidation sites excluding steroid dienone is 1. The van der Waals surface area contributed by atoms with E-state index in [4.69, 9.17) is 10.00 Å². The van der Waals surface area contributed by atoms with Crippen LogP contribution in [0.25, 0.3) is 11.1 Å². The summed E-state index contributed by atoms with van der Waals surface area (Å²) < 4.78 is 5.67. The topological polar surface area (TPSA) is 65.3 Å². The Kier molecular flexibility index (Phi) is 9.71. The summed E-state index contributed by atoms with van der Waals surface area (Å²) in [5.41, 5.74) is 5.69. The predicted octanol–water partition coefficient (Wildman–Crippen LogP) is 6.24. The summed E-state index contributed by atoms with van der Waals surface area (Å²) in [5.74, 6) is 1.01. The van der Waals surface area contributed by atoms with Crippen LogP contribution in [0.15, 0.2) is 78.9 Å². The van der Waals surface area contributed by atoms with Crippen molar-refractivity contribution in [3.8, 4) is 17.7 Å². The molecular weight excluding hydrogens is 384 g/mol. The second-order valence-electron chi connectivity index (χ2n) is 6.53. The molecule has 0 fully saturated rings. The van der Waals surface area contributed by atoms with E-state index in [1.165, 1.54) is 11.1 Å². The van der Waals surface area contributed by atoms with Crippen LogP contribution < -0.4 is 10.1 Å². The summed E-state index contributed by atoms with van der Waals surface area (Å²) in [6, 6.07) is 25.7. The van der Waals surface area contributed by atoms with Crippen molar-refractivity contribution in [2.45, 2.75) is 27.2 Å². The lowest BCUT2D eigenvalue weighted by molar-refractivity contribution is 0.321. The van der Waals surface area contributed by atoms with E-state index in [9.17, 15) is 5.11 Å². The zero-order chi connectivity index (χ0) is 22.5. The van der Waals surface area contributed by atoms with Crippen molar-refractivity contribution in [2.75, 3.05) is 13.2 Å². The van der Waals surface area contributed by atoms with Crippen LogP contribution in [0.4, 0.5) is 0 Å². The van der Waals surface area contributed by atoms with Crippen molar-refractivity contribution in [1.82, 2.24) is 5.32 Å². The van der Waals surface area contributed by atoms with Crippen LogP contribution in [0.2, 0.25) is 0 Å². The highest BCUT2D eigenvalue weighted by Gasteiger charge is 2.13. The Morgan fingerprint density at radius 1 is 0.871 bits per heavy atom. The highest BCUT2D eigenvalue weighted by Crippen LogP contribution is 2.35. The summed E-state index contributed by atoms with van der Waals surface area (Å²) in [5, 5.41) is 20.8. The molecule has 0 aliphatic heterocycles. The molecule has 0 aromatic heterocycles. The fourth-order valence-electron chi connectivity index (χ4n) is 3.30. The molecule has 0 aliphatic rings. The van der Waals surface area contributed by atoms with Gasteiger partial charge in [-0.05, 0) is 58.5 Å². The molecule has 0 saturated carbocycles. The van der Waals surface area contributed by atoms with Gasteiger partial charge in [0.25, 0.3) is 0 Å². The lowest BCUT2D eigenvalue weighted by Gasteiger charge is -2.17. The first-order valence-electron chi connectivity index (χ1n) is 10.7. The van der Waals surface area contributed by atoms with E-state index in [0.717, 1.165) is 28.9 Å². The highest BCUT2D eigenvalue weighted by molar-refractivity contribution is 5.98. The molecule has 0 atom stereocenters. The number of hydrogen-bond acceptors (Lipinski definition) is 4. The molecule has 4 heteroatoms. The molecule has 3 rings (SSSR count). The molecule has 0 spiro atoms. The fraction of sp³-hybridized carbons (Fsp3) is 0.222. The Hall–Kier alpha value is -3.71. The van der Waals surface area contributed by atoms with E-state index in [0.29, 0.717) is 13.2 Å². The van der Waals surface area contributed by atoms with E-state index < -0.39 is 0 Å². The molecule has 0 heterocycles. The molecule has 0 bridgehead atoms. The lowest BCUT2D eigenvalue weighted by atomic mass is 9.88. The average molecular weight is 415 g/mol. The molecule has 0 aliphatic carbocycles. The summed E-state index contributed by atoms with van der Waals surface area (Å²) in [6.45, 7) is 7.06. The molecule has 4 nitrogen and oxygen atoms in total. The Bertz CT molecular complexity index is 986. The van der Waals surface area contributed by atoms with Gasteiger partial charge in [0.2, 0.25) is 0 Å². The van der Waals surface area contributed by atoms with E-state index in [-0.39, 0.29) is 5.75 Å². The zero-order valence-corrected chi connectivity index (χ0v) is 18.4. The van der Waals surface area contributed by atoms with Gasteiger partial charge in [-0.1, -0.05) is 75.4 Å².